The number of hydrogen-bond acceptors (Lipinski definition) is 4. The SMILES string of the molecule is O=C(O)c1coc(C(=O)N2CCC(COCc3ccccc3)C2)c1. The van der Waals surface area contributed by atoms with Gasteiger partial charge in [0.05, 0.1) is 18.8 Å². The molecule has 24 heavy (non-hydrogen) atoms. The van der Waals surface area contributed by atoms with Crippen LogP contribution >= 0.6 is 0 Å². The summed E-state index contributed by atoms with van der Waals surface area (Å²) in [6.45, 7) is 2.38. The van der Waals surface area contributed by atoms with E-state index in [1.54, 1.807) is 4.90 Å². The fourth-order valence-corrected chi connectivity index (χ4v) is 2.79. The summed E-state index contributed by atoms with van der Waals surface area (Å²) < 4.78 is 10.8. The van der Waals surface area contributed by atoms with Crippen molar-refractivity contribution >= 4 is 11.9 Å². The van der Waals surface area contributed by atoms with Gasteiger partial charge in [-0.2, -0.15) is 0 Å². The number of nitrogens with zero attached hydrogens (tertiary/aromatic N) is 1. The summed E-state index contributed by atoms with van der Waals surface area (Å²) in [5, 5.41) is 8.88. The first kappa shape index (κ1) is 16.3. The molecule has 126 valence electrons. The number of furan rings is 1. The van der Waals surface area contributed by atoms with E-state index in [1.807, 2.05) is 30.3 Å². The topological polar surface area (TPSA) is 80.0 Å². The Morgan fingerprint density at radius 1 is 1.29 bits per heavy atom. The average molecular weight is 329 g/mol. The summed E-state index contributed by atoms with van der Waals surface area (Å²) in [6, 6.07) is 11.2. The average Bonchev–Trinajstić information content (AvgIpc) is 3.25. The Balaban J connectivity index is 1.47. The van der Waals surface area contributed by atoms with Crippen LogP contribution in [-0.2, 0) is 11.3 Å². The Labute approximate surface area is 139 Å². The normalized spacial score (nSPS) is 17.2. The number of likely N-dealkylation sites (tertiary alicyclic amines) is 1. The lowest BCUT2D eigenvalue weighted by Crippen LogP contribution is -2.29. The quantitative estimate of drug-likeness (QED) is 0.881. The molecule has 2 aromatic rings. The Morgan fingerprint density at radius 2 is 2.08 bits per heavy atom. The predicted molar refractivity (Wildman–Crippen MR) is 85.8 cm³/mol. The van der Waals surface area contributed by atoms with E-state index in [9.17, 15) is 9.59 Å². The van der Waals surface area contributed by atoms with Gasteiger partial charge in [-0.1, -0.05) is 30.3 Å². The molecule has 0 saturated carbocycles. The van der Waals surface area contributed by atoms with Crippen molar-refractivity contribution in [2.45, 2.75) is 13.0 Å². The molecule has 0 bridgehead atoms. The predicted octanol–water partition coefficient (Wildman–Crippen LogP) is 2.66. The van der Waals surface area contributed by atoms with E-state index in [-0.39, 0.29) is 23.1 Å². The van der Waals surface area contributed by atoms with Crippen LogP contribution in [0.3, 0.4) is 0 Å². The van der Waals surface area contributed by atoms with Crippen molar-refractivity contribution in [2.75, 3.05) is 19.7 Å². The molecule has 6 heteroatoms. The van der Waals surface area contributed by atoms with Gasteiger partial charge in [0.2, 0.25) is 0 Å². The van der Waals surface area contributed by atoms with Gasteiger partial charge in [-0.3, -0.25) is 4.79 Å². The van der Waals surface area contributed by atoms with Gasteiger partial charge in [0.15, 0.2) is 5.76 Å². The maximum absolute atomic E-state index is 12.3. The molecule has 0 spiro atoms. The molecule has 3 rings (SSSR count). The maximum atomic E-state index is 12.3. The van der Waals surface area contributed by atoms with Crippen LogP contribution in [0.25, 0.3) is 0 Å². The molecule has 1 saturated heterocycles. The zero-order chi connectivity index (χ0) is 16.9. The number of carboxylic acid groups (broad SMARTS) is 1. The maximum Gasteiger partial charge on any atom is 0.338 e. The van der Waals surface area contributed by atoms with E-state index >= 15 is 0 Å². The smallest absolute Gasteiger partial charge is 0.338 e. The van der Waals surface area contributed by atoms with Crippen LogP contribution in [0.2, 0.25) is 0 Å². The van der Waals surface area contributed by atoms with Crippen molar-refractivity contribution < 1.29 is 23.8 Å². The number of hydrogen-bond donors (Lipinski definition) is 1. The van der Waals surface area contributed by atoms with Crippen LogP contribution in [0.15, 0.2) is 47.1 Å². The van der Waals surface area contributed by atoms with E-state index in [0.717, 1.165) is 18.2 Å². The van der Waals surface area contributed by atoms with Crippen LogP contribution in [0.4, 0.5) is 0 Å². The molecular formula is C18H19NO5. The molecular weight excluding hydrogens is 310 g/mol. The van der Waals surface area contributed by atoms with Gasteiger partial charge in [0.25, 0.3) is 5.91 Å². The summed E-state index contributed by atoms with van der Waals surface area (Å²) in [7, 11) is 0. The first-order chi connectivity index (χ1) is 11.6. The summed E-state index contributed by atoms with van der Waals surface area (Å²) in [4.78, 5) is 24.8. The summed E-state index contributed by atoms with van der Waals surface area (Å²) in [5.74, 6) is -1.02. The number of aromatic carboxylic acids is 1. The van der Waals surface area contributed by atoms with Crippen molar-refractivity contribution in [1.82, 2.24) is 4.90 Å². The lowest BCUT2D eigenvalue weighted by molar-refractivity contribution is 0.0691. The largest absolute Gasteiger partial charge is 0.478 e. The Hall–Kier alpha value is -2.60. The number of carbonyl (C=O) groups excluding carboxylic acids is 1. The molecule has 1 unspecified atom stereocenters. The van der Waals surface area contributed by atoms with Gasteiger partial charge >= 0.3 is 5.97 Å². The Kier molecular flexibility index (Phi) is 4.96. The molecule has 0 radical (unpaired) electrons. The molecule has 1 amide bonds. The number of rotatable bonds is 6. The third-order valence-electron chi connectivity index (χ3n) is 4.10. The first-order valence-electron chi connectivity index (χ1n) is 7.86. The number of benzene rings is 1. The number of amides is 1. The van der Waals surface area contributed by atoms with Crippen molar-refractivity contribution in [3.8, 4) is 0 Å². The molecule has 1 N–H and O–H groups in total. The zero-order valence-electron chi connectivity index (χ0n) is 13.2. The van der Waals surface area contributed by atoms with Gasteiger partial charge in [-0.25, -0.2) is 4.79 Å². The highest BCUT2D eigenvalue weighted by molar-refractivity contribution is 5.95. The fraction of sp³-hybridized carbons (Fsp3) is 0.333. The molecule has 1 aliphatic rings. The van der Waals surface area contributed by atoms with E-state index in [1.165, 1.54) is 6.07 Å². The van der Waals surface area contributed by atoms with Gasteiger partial charge in [0.1, 0.15) is 6.26 Å². The minimum Gasteiger partial charge on any atom is -0.478 e. The zero-order valence-corrected chi connectivity index (χ0v) is 13.2. The Morgan fingerprint density at radius 3 is 2.79 bits per heavy atom. The first-order valence-corrected chi connectivity index (χ1v) is 7.86. The standard InChI is InChI=1S/C18H19NO5/c20-17(16-8-15(12-24-16)18(21)22)19-7-6-14(9-19)11-23-10-13-4-2-1-3-5-13/h1-5,8,12,14H,6-7,9-11H2,(H,21,22). The molecule has 1 aliphatic heterocycles. The highest BCUT2D eigenvalue weighted by Crippen LogP contribution is 2.20. The molecule has 1 aromatic heterocycles. The minimum atomic E-state index is -1.11. The van der Waals surface area contributed by atoms with E-state index in [0.29, 0.717) is 26.3 Å². The van der Waals surface area contributed by atoms with E-state index < -0.39 is 5.97 Å². The van der Waals surface area contributed by atoms with Crippen LogP contribution in [0.5, 0.6) is 0 Å². The third-order valence-corrected chi connectivity index (χ3v) is 4.10. The van der Waals surface area contributed by atoms with Gasteiger partial charge in [-0.05, 0) is 12.0 Å². The van der Waals surface area contributed by atoms with Gasteiger partial charge in [-0.15, -0.1) is 0 Å². The van der Waals surface area contributed by atoms with Crippen LogP contribution in [-0.4, -0.2) is 41.6 Å². The number of carboxylic acids is 1. The van der Waals surface area contributed by atoms with Crippen molar-refractivity contribution in [3.05, 3.63) is 59.5 Å². The number of carbonyl (C=O) groups is 2. The monoisotopic (exact) mass is 329 g/mol. The van der Waals surface area contributed by atoms with Crippen LogP contribution < -0.4 is 0 Å². The second-order valence-electron chi connectivity index (χ2n) is 5.91. The van der Waals surface area contributed by atoms with Crippen LogP contribution in [0.1, 0.15) is 32.9 Å². The van der Waals surface area contributed by atoms with E-state index in [2.05, 4.69) is 0 Å². The number of ether oxygens (including phenoxy) is 1. The summed E-state index contributed by atoms with van der Waals surface area (Å²) >= 11 is 0. The minimum absolute atomic E-state index is 0.0136. The molecule has 2 heterocycles. The lowest BCUT2D eigenvalue weighted by atomic mass is 10.1. The van der Waals surface area contributed by atoms with Crippen molar-refractivity contribution in [3.63, 3.8) is 0 Å². The van der Waals surface area contributed by atoms with E-state index in [4.69, 9.17) is 14.3 Å². The summed E-state index contributed by atoms with van der Waals surface area (Å²) in [6.07, 6.45) is 1.96. The molecule has 1 fully saturated rings. The van der Waals surface area contributed by atoms with Gasteiger partial charge in [0, 0.05) is 25.1 Å². The highest BCUT2D eigenvalue weighted by atomic mass is 16.5. The molecule has 0 aliphatic carbocycles. The van der Waals surface area contributed by atoms with Crippen molar-refractivity contribution in [1.29, 1.82) is 0 Å². The third kappa shape index (κ3) is 3.83. The lowest BCUT2D eigenvalue weighted by Gasteiger charge is -2.15. The van der Waals surface area contributed by atoms with Crippen molar-refractivity contribution in [2.24, 2.45) is 5.92 Å². The van der Waals surface area contributed by atoms with Gasteiger partial charge < -0.3 is 19.2 Å². The van der Waals surface area contributed by atoms with Crippen LogP contribution in [0, 0.1) is 5.92 Å². The Bertz CT molecular complexity index is 709. The second kappa shape index (κ2) is 7.31. The second-order valence-corrected chi connectivity index (χ2v) is 5.91. The summed E-state index contributed by atoms with van der Waals surface area (Å²) in [5.41, 5.74) is 1.11. The molecule has 1 atom stereocenters. The highest BCUT2D eigenvalue weighted by Gasteiger charge is 2.29. The molecule has 1 aromatic carbocycles. The fourth-order valence-electron chi connectivity index (χ4n) is 2.79. The molecule has 6 nitrogen and oxygen atoms in total.